The molecule has 0 aliphatic rings. The number of sulfone groups is 1. The molecule has 0 amide bonds. The summed E-state index contributed by atoms with van der Waals surface area (Å²) in [5, 5.41) is 4.66. The van der Waals surface area contributed by atoms with Crippen molar-refractivity contribution in [1.29, 1.82) is 0 Å². The molecule has 0 saturated carbocycles. The van der Waals surface area contributed by atoms with Crippen LogP contribution in [-0.4, -0.2) is 34.3 Å². The van der Waals surface area contributed by atoms with Crippen LogP contribution in [0.15, 0.2) is 83.9 Å². The molecule has 0 aliphatic carbocycles. The van der Waals surface area contributed by atoms with E-state index in [0.717, 1.165) is 6.26 Å². The Kier molecular flexibility index (Phi) is 4.98. The summed E-state index contributed by atoms with van der Waals surface area (Å²) < 4.78 is 51.9. The van der Waals surface area contributed by atoms with Gasteiger partial charge in [0.1, 0.15) is 23.0 Å². The third-order valence-corrected chi connectivity index (χ3v) is 6.26. The maximum absolute atomic E-state index is 13.5. The molecule has 164 valence electrons. The van der Waals surface area contributed by atoms with Crippen molar-refractivity contribution in [3.8, 4) is 33.8 Å². The summed E-state index contributed by atoms with van der Waals surface area (Å²) in [6.45, 7) is 0. The van der Waals surface area contributed by atoms with E-state index in [-0.39, 0.29) is 16.5 Å². The number of benzene rings is 3. The molecule has 0 atom stereocenters. The van der Waals surface area contributed by atoms with Crippen LogP contribution in [0.1, 0.15) is 0 Å². The SMILES string of the molecule is CS(=O)(=O)c1ccc(-c2cn3nc(-c4ccc(F)cc4)c(-c4ccc(F)cc4)nc3n2)cc1. The van der Waals surface area contributed by atoms with Gasteiger partial charge in [0.15, 0.2) is 9.84 Å². The molecule has 0 fully saturated rings. The zero-order valence-corrected chi connectivity index (χ0v) is 18.1. The van der Waals surface area contributed by atoms with Gasteiger partial charge < -0.3 is 0 Å². The minimum Gasteiger partial charge on any atom is -0.224 e. The van der Waals surface area contributed by atoms with Crippen molar-refractivity contribution >= 4 is 15.6 Å². The highest BCUT2D eigenvalue weighted by atomic mass is 32.2. The predicted octanol–water partition coefficient (Wildman–Crippen LogP) is 4.81. The predicted molar refractivity (Wildman–Crippen MR) is 120 cm³/mol. The van der Waals surface area contributed by atoms with Gasteiger partial charge in [0.25, 0.3) is 5.78 Å². The molecule has 0 unspecified atom stereocenters. The van der Waals surface area contributed by atoms with Crippen molar-refractivity contribution in [2.24, 2.45) is 0 Å². The van der Waals surface area contributed by atoms with Gasteiger partial charge in [-0.1, -0.05) is 12.1 Å². The smallest absolute Gasteiger partial charge is 0.224 e. The summed E-state index contributed by atoms with van der Waals surface area (Å²) in [6, 6.07) is 18.1. The quantitative estimate of drug-likeness (QED) is 0.383. The van der Waals surface area contributed by atoms with Crippen molar-refractivity contribution in [1.82, 2.24) is 19.6 Å². The number of imidazole rings is 1. The van der Waals surface area contributed by atoms with E-state index in [4.69, 9.17) is 0 Å². The second-order valence-corrected chi connectivity index (χ2v) is 9.51. The summed E-state index contributed by atoms with van der Waals surface area (Å²) >= 11 is 0. The first kappa shape index (κ1) is 20.9. The molecular formula is C24H16F2N4O2S. The van der Waals surface area contributed by atoms with Crippen molar-refractivity contribution in [2.75, 3.05) is 6.26 Å². The largest absolute Gasteiger partial charge is 0.251 e. The molecule has 0 saturated heterocycles. The van der Waals surface area contributed by atoms with Crippen LogP contribution in [0.2, 0.25) is 0 Å². The third kappa shape index (κ3) is 4.10. The van der Waals surface area contributed by atoms with Gasteiger partial charge >= 0.3 is 0 Å². The highest BCUT2D eigenvalue weighted by Gasteiger charge is 2.16. The number of rotatable bonds is 4. The Hall–Kier alpha value is -3.98. The normalized spacial score (nSPS) is 11.7. The molecule has 9 heteroatoms. The second kappa shape index (κ2) is 7.86. The van der Waals surface area contributed by atoms with Gasteiger partial charge in [0.2, 0.25) is 0 Å². The molecule has 33 heavy (non-hydrogen) atoms. The van der Waals surface area contributed by atoms with Crippen LogP contribution in [0.5, 0.6) is 0 Å². The molecule has 0 spiro atoms. The highest BCUT2D eigenvalue weighted by molar-refractivity contribution is 7.90. The Morgan fingerprint density at radius 3 is 1.76 bits per heavy atom. The fourth-order valence-corrected chi connectivity index (χ4v) is 4.07. The average molecular weight is 462 g/mol. The molecule has 0 radical (unpaired) electrons. The maximum Gasteiger partial charge on any atom is 0.251 e. The van der Waals surface area contributed by atoms with Crippen LogP contribution in [-0.2, 0) is 9.84 Å². The minimum absolute atomic E-state index is 0.212. The fourth-order valence-electron chi connectivity index (χ4n) is 3.44. The lowest BCUT2D eigenvalue weighted by molar-refractivity contribution is 0.602. The molecule has 2 heterocycles. The number of halogens is 2. The average Bonchev–Trinajstić information content (AvgIpc) is 3.22. The lowest BCUT2D eigenvalue weighted by Gasteiger charge is -2.09. The van der Waals surface area contributed by atoms with Crippen LogP contribution >= 0.6 is 0 Å². The minimum atomic E-state index is -3.31. The summed E-state index contributed by atoms with van der Waals surface area (Å²) in [7, 11) is -3.31. The van der Waals surface area contributed by atoms with Crippen LogP contribution in [0.25, 0.3) is 39.5 Å². The summed E-state index contributed by atoms with van der Waals surface area (Å²) in [5.41, 5.74) is 3.47. The van der Waals surface area contributed by atoms with E-state index in [1.807, 2.05) is 0 Å². The van der Waals surface area contributed by atoms with Gasteiger partial charge in [-0.2, -0.15) is 5.10 Å². The Bertz CT molecular complexity index is 1500. The van der Waals surface area contributed by atoms with E-state index < -0.39 is 9.84 Å². The van der Waals surface area contributed by atoms with Crippen molar-refractivity contribution in [3.05, 3.63) is 90.6 Å². The molecule has 3 aromatic carbocycles. The number of hydrogen-bond acceptors (Lipinski definition) is 5. The monoisotopic (exact) mass is 462 g/mol. The van der Waals surface area contributed by atoms with E-state index in [9.17, 15) is 17.2 Å². The number of nitrogens with zero attached hydrogens (tertiary/aromatic N) is 4. The van der Waals surface area contributed by atoms with Crippen molar-refractivity contribution < 1.29 is 17.2 Å². The first-order chi connectivity index (χ1) is 15.8. The van der Waals surface area contributed by atoms with E-state index in [1.165, 1.54) is 40.9 Å². The number of aromatic nitrogens is 4. The summed E-state index contributed by atoms with van der Waals surface area (Å²) in [6.07, 6.45) is 2.83. The molecule has 5 aromatic rings. The van der Waals surface area contributed by atoms with Gasteiger partial charge in [-0.15, -0.1) is 0 Å². The van der Waals surface area contributed by atoms with E-state index in [0.29, 0.717) is 39.5 Å². The van der Waals surface area contributed by atoms with Crippen LogP contribution in [0.4, 0.5) is 8.78 Å². The third-order valence-electron chi connectivity index (χ3n) is 5.13. The lowest BCUT2D eigenvalue weighted by atomic mass is 10.0. The van der Waals surface area contributed by atoms with E-state index >= 15 is 0 Å². The first-order valence-corrected chi connectivity index (χ1v) is 11.8. The molecule has 0 aliphatic heterocycles. The maximum atomic E-state index is 13.5. The topological polar surface area (TPSA) is 77.2 Å². The van der Waals surface area contributed by atoms with Gasteiger partial charge in [0, 0.05) is 22.9 Å². The first-order valence-electron chi connectivity index (χ1n) is 9.88. The fraction of sp³-hybridized carbons (Fsp3) is 0.0417. The van der Waals surface area contributed by atoms with Crippen LogP contribution in [0, 0.1) is 11.6 Å². The zero-order chi connectivity index (χ0) is 23.2. The summed E-state index contributed by atoms with van der Waals surface area (Å²) in [5.74, 6) is -0.447. The molecule has 5 rings (SSSR count). The molecule has 6 nitrogen and oxygen atoms in total. The van der Waals surface area contributed by atoms with E-state index in [1.54, 1.807) is 42.6 Å². The van der Waals surface area contributed by atoms with Crippen LogP contribution in [0.3, 0.4) is 0 Å². The van der Waals surface area contributed by atoms with Crippen molar-refractivity contribution in [2.45, 2.75) is 4.90 Å². The van der Waals surface area contributed by atoms with Crippen LogP contribution < -0.4 is 0 Å². The highest BCUT2D eigenvalue weighted by Crippen LogP contribution is 2.30. The van der Waals surface area contributed by atoms with E-state index in [2.05, 4.69) is 15.1 Å². The molecule has 2 aromatic heterocycles. The Balaban J connectivity index is 1.67. The second-order valence-electron chi connectivity index (χ2n) is 7.49. The van der Waals surface area contributed by atoms with Gasteiger partial charge in [0.05, 0.1) is 16.8 Å². The molecule has 0 bridgehead atoms. The molecule has 0 N–H and O–H groups in total. The number of fused-ring (bicyclic) bond motifs is 1. The molecular weight excluding hydrogens is 446 g/mol. The van der Waals surface area contributed by atoms with Gasteiger partial charge in [-0.25, -0.2) is 31.7 Å². The van der Waals surface area contributed by atoms with Gasteiger partial charge in [-0.3, -0.25) is 0 Å². The van der Waals surface area contributed by atoms with Gasteiger partial charge in [-0.05, 0) is 60.7 Å². The standard InChI is InChI=1S/C24H16F2N4O2S/c1-33(31,32)20-12-6-15(7-13-20)21-14-30-24(27-21)28-22(16-2-8-18(25)9-3-16)23(29-30)17-4-10-19(26)11-5-17/h2-14H,1H3. The Labute approximate surface area is 188 Å². The Morgan fingerprint density at radius 1 is 0.697 bits per heavy atom. The summed E-state index contributed by atoms with van der Waals surface area (Å²) in [4.78, 5) is 9.40. The van der Waals surface area contributed by atoms with Crippen molar-refractivity contribution in [3.63, 3.8) is 0 Å². The lowest BCUT2D eigenvalue weighted by Crippen LogP contribution is -2.01. The Morgan fingerprint density at radius 2 is 1.21 bits per heavy atom. The zero-order valence-electron chi connectivity index (χ0n) is 17.3. The number of hydrogen-bond donors (Lipinski definition) is 0.